The summed E-state index contributed by atoms with van der Waals surface area (Å²) in [4.78, 5) is 12.1. The van der Waals surface area contributed by atoms with E-state index in [9.17, 15) is 4.79 Å². The standard InChI is InChI=1S/C15H19NOS2/c17-14(16-13-3-1-2-4-13)11-5-7-12(8-6-11)15-18-9-10-19-15/h5-8,13,15H,1-4,9-10H2,(H,16,17). The number of benzene rings is 1. The van der Waals surface area contributed by atoms with Gasteiger partial charge in [0.2, 0.25) is 0 Å². The highest BCUT2D eigenvalue weighted by atomic mass is 32.2. The average molecular weight is 293 g/mol. The lowest BCUT2D eigenvalue weighted by atomic mass is 10.1. The van der Waals surface area contributed by atoms with Crippen molar-refractivity contribution in [2.45, 2.75) is 36.3 Å². The molecule has 1 aliphatic carbocycles. The second-order valence-corrected chi connectivity index (χ2v) is 7.87. The molecule has 3 rings (SSSR count). The molecule has 4 heteroatoms. The maximum absolute atomic E-state index is 12.1. The molecule has 0 radical (unpaired) electrons. The normalized spacial score (nSPS) is 20.8. The highest BCUT2D eigenvalue weighted by Crippen LogP contribution is 2.45. The Bertz CT molecular complexity index is 434. The topological polar surface area (TPSA) is 29.1 Å². The molecule has 2 nitrogen and oxygen atoms in total. The Morgan fingerprint density at radius 3 is 2.32 bits per heavy atom. The van der Waals surface area contributed by atoms with Crippen molar-refractivity contribution in [3.8, 4) is 0 Å². The highest BCUT2D eigenvalue weighted by Gasteiger charge is 2.20. The lowest BCUT2D eigenvalue weighted by Gasteiger charge is -2.13. The number of amides is 1. The lowest BCUT2D eigenvalue weighted by Crippen LogP contribution is -2.32. The van der Waals surface area contributed by atoms with Gasteiger partial charge in [0.15, 0.2) is 0 Å². The van der Waals surface area contributed by atoms with Gasteiger partial charge in [-0.05, 0) is 30.5 Å². The van der Waals surface area contributed by atoms with Crippen molar-refractivity contribution in [3.05, 3.63) is 35.4 Å². The molecule has 1 heterocycles. The first kappa shape index (κ1) is 13.4. The molecule has 0 unspecified atom stereocenters. The number of hydrogen-bond donors (Lipinski definition) is 1. The van der Waals surface area contributed by atoms with E-state index in [0.717, 1.165) is 18.4 Å². The second kappa shape index (κ2) is 6.23. The first-order valence-corrected chi connectivity index (χ1v) is 9.07. The molecular formula is C15H19NOS2. The molecule has 1 aromatic carbocycles. The van der Waals surface area contributed by atoms with Crippen molar-refractivity contribution >= 4 is 29.4 Å². The van der Waals surface area contributed by atoms with E-state index >= 15 is 0 Å². The van der Waals surface area contributed by atoms with Crippen LogP contribution in [0.2, 0.25) is 0 Å². The van der Waals surface area contributed by atoms with E-state index in [1.54, 1.807) is 0 Å². The van der Waals surface area contributed by atoms with Crippen LogP contribution < -0.4 is 5.32 Å². The van der Waals surface area contributed by atoms with E-state index < -0.39 is 0 Å². The fourth-order valence-corrected chi connectivity index (χ4v) is 5.54. The molecule has 19 heavy (non-hydrogen) atoms. The third-order valence-electron chi connectivity index (χ3n) is 3.76. The molecule has 1 aromatic rings. The Kier molecular flexibility index (Phi) is 4.38. The Hall–Kier alpha value is -0.610. The summed E-state index contributed by atoms with van der Waals surface area (Å²) in [7, 11) is 0. The summed E-state index contributed by atoms with van der Waals surface area (Å²) in [6.07, 6.45) is 4.78. The van der Waals surface area contributed by atoms with Gasteiger partial charge in [-0.2, -0.15) is 0 Å². The molecule has 1 saturated heterocycles. The predicted molar refractivity (Wildman–Crippen MR) is 83.8 cm³/mol. The Balaban J connectivity index is 1.62. The average Bonchev–Trinajstić information content (AvgIpc) is 3.12. The van der Waals surface area contributed by atoms with Crippen molar-refractivity contribution in [1.29, 1.82) is 0 Å². The minimum Gasteiger partial charge on any atom is -0.349 e. The van der Waals surface area contributed by atoms with Crippen LogP contribution in [0.3, 0.4) is 0 Å². The third-order valence-corrected chi connectivity index (χ3v) is 6.86. The van der Waals surface area contributed by atoms with Crippen molar-refractivity contribution < 1.29 is 4.79 Å². The fraction of sp³-hybridized carbons (Fsp3) is 0.533. The molecular weight excluding hydrogens is 274 g/mol. The molecule has 0 aromatic heterocycles. The second-order valence-electron chi connectivity index (χ2n) is 5.15. The van der Waals surface area contributed by atoms with Crippen LogP contribution in [0.4, 0.5) is 0 Å². The quantitative estimate of drug-likeness (QED) is 0.918. The zero-order chi connectivity index (χ0) is 13.1. The van der Waals surface area contributed by atoms with Crippen LogP contribution in [-0.4, -0.2) is 23.5 Å². The van der Waals surface area contributed by atoms with Crippen LogP contribution >= 0.6 is 23.5 Å². The van der Waals surface area contributed by atoms with Crippen LogP contribution in [0.1, 0.15) is 46.2 Å². The first-order chi connectivity index (χ1) is 9.33. The van der Waals surface area contributed by atoms with E-state index in [2.05, 4.69) is 17.4 Å². The number of carbonyl (C=O) groups is 1. The Morgan fingerprint density at radius 1 is 1.05 bits per heavy atom. The highest BCUT2D eigenvalue weighted by molar-refractivity contribution is 8.19. The van der Waals surface area contributed by atoms with E-state index in [1.165, 1.54) is 29.9 Å². The minimum atomic E-state index is 0.0881. The SMILES string of the molecule is O=C(NC1CCCC1)c1ccc(C2SCCS2)cc1. The Morgan fingerprint density at radius 2 is 1.68 bits per heavy atom. The zero-order valence-corrected chi connectivity index (χ0v) is 12.6. The van der Waals surface area contributed by atoms with Crippen LogP contribution in [-0.2, 0) is 0 Å². The lowest BCUT2D eigenvalue weighted by molar-refractivity contribution is 0.0938. The Labute approximate surface area is 123 Å². The largest absolute Gasteiger partial charge is 0.349 e. The zero-order valence-electron chi connectivity index (χ0n) is 10.9. The minimum absolute atomic E-state index is 0.0881. The van der Waals surface area contributed by atoms with Crippen LogP contribution in [0.25, 0.3) is 0 Å². The summed E-state index contributed by atoms with van der Waals surface area (Å²) >= 11 is 4.00. The molecule has 1 aliphatic heterocycles. The third kappa shape index (κ3) is 3.29. The van der Waals surface area contributed by atoms with Crippen molar-refractivity contribution in [3.63, 3.8) is 0 Å². The molecule has 2 aliphatic rings. The molecule has 0 spiro atoms. The molecule has 1 amide bonds. The smallest absolute Gasteiger partial charge is 0.251 e. The summed E-state index contributed by atoms with van der Waals surface area (Å²) in [5, 5.41) is 3.13. The van der Waals surface area contributed by atoms with Gasteiger partial charge >= 0.3 is 0 Å². The summed E-state index contributed by atoms with van der Waals surface area (Å²) in [6, 6.07) is 8.56. The molecule has 0 bridgehead atoms. The van der Waals surface area contributed by atoms with Gasteiger partial charge < -0.3 is 5.32 Å². The number of nitrogens with one attached hydrogen (secondary N) is 1. The van der Waals surface area contributed by atoms with Crippen molar-refractivity contribution in [1.82, 2.24) is 5.32 Å². The van der Waals surface area contributed by atoms with Gasteiger partial charge in [-0.25, -0.2) is 0 Å². The number of thioether (sulfide) groups is 2. The summed E-state index contributed by atoms with van der Waals surface area (Å²) in [5.41, 5.74) is 2.13. The van der Waals surface area contributed by atoms with E-state index in [1.807, 2.05) is 35.7 Å². The van der Waals surface area contributed by atoms with E-state index in [-0.39, 0.29) is 5.91 Å². The molecule has 2 fully saturated rings. The summed E-state index contributed by atoms with van der Waals surface area (Å²) in [5.74, 6) is 2.56. The van der Waals surface area contributed by atoms with Crippen LogP contribution in [0, 0.1) is 0 Å². The molecule has 0 atom stereocenters. The van der Waals surface area contributed by atoms with Gasteiger partial charge in [0.1, 0.15) is 0 Å². The molecule has 1 N–H and O–H groups in total. The first-order valence-electron chi connectivity index (χ1n) is 6.97. The van der Waals surface area contributed by atoms with Gasteiger partial charge in [-0.15, -0.1) is 23.5 Å². The fourth-order valence-electron chi connectivity index (χ4n) is 2.68. The van der Waals surface area contributed by atoms with E-state index in [0.29, 0.717) is 10.6 Å². The monoisotopic (exact) mass is 293 g/mol. The predicted octanol–water partition coefficient (Wildman–Crippen LogP) is 3.84. The van der Waals surface area contributed by atoms with Crippen LogP contribution in [0.15, 0.2) is 24.3 Å². The molecule has 1 saturated carbocycles. The number of rotatable bonds is 3. The van der Waals surface area contributed by atoms with Gasteiger partial charge in [0.25, 0.3) is 5.91 Å². The van der Waals surface area contributed by atoms with Gasteiger partial charge in [-0.1, -0.05) is 25.0 Å². The maximum Gasteiger partial charge on any atom is 0.251 e. The van der Waals surface area contributed by atoms with E-state index in [4.69, 9.17) is 0 Å². The van der Waals surface area contributed by atoms with Crippen LogP contribution in [0.5, 0.6) is 0 Å². The van der Waals surface area contributed by atoms with Gasteiger partial charge in [-0.3, -0.25) is 4.79 Å². The van der Waals surface area contributed by atoms with Crippen molar-refractivity contribution in [2.24, 2.45) is 0 Å². The molecule has 102 valence electrons. The number of hydrogen-bond acceptors (Lipinski definition) is 3. The summed E-state index contributed by atoms with van der Waals surface area (Å²) in [6.45, 7) is 0. The maximum atomic E-state index is 12.1. The van der Waals surface area contributed by atoms with Gasteiger partial charge in [0.05, 0.1) is 4.58 Å². The summed E-state index contributed by atoms with van der Waals surface area (Å²) < 4.78 is 0.562. The number of carbonyl (C=O) groups excluding carboxylic acids is 1. The van der Waals surface area contributed by atoms with Gasteiger partial charge in [0, 0.05) is 23.1 Å². The van der Waals surface area contributed by atoms with Crippen molar-refractivity contribution in [2.75, 3.05) is 11.5 Å².